The minimum Gasteiger partial charge on any atom is -0.296 e. The van der Waals surface area contributed by atoms with E-state index in [0.717, 1.165) is 13.1 Å². The molecule has 16 heavy (non-hydrogen) atoms. The summed E-state index contributed by atoms with van der Waals surface area (Å²) >= 11 is 0. The number of likely N-dealkylation sites (tertiary alicyclic amines) is 1. The largest absolute Gasteiger partial charge is 0.296 e. The molecule has 1 saturated heterocycles. The van der Waals surface area contributed by atoms with Gasteiger partial charge in [0.15, 0.2) is 0 Å². The number of hydrogen-bond donors (Lipinski definition) is 0. The van der Waals surface area contributed by atoms with Gasteiger partial charge in [-0.3, -0.25) is 4.90 Å². The second-order valence-corrected chi connectivity index (χ2v) is 4.72. The number of nitriles is 1. The van der Waals surface area contributed by atoms with Crippen molar-refractivity contribution in [1.29, 1.82) is 5.26 Å². The molecule has 0 N–H and O–H groups in total. The molecule has 0 radical (unpaired) electrons. The van der Waals surface area contributed by atoms with Gasteiger partial charge >= 0.3 is 0 Å². The number of hydrogen-bond acceptors (Lipinski definition) is 2. The van der Waals surface area contributed by atoms with Crippen LogP contribution in [0.15, 0.2) is 30.3 Å². The van der Waals surface area contributed by atoms with Crippen LogP contribution in [0.1, 0.15) is 25.5 Å². The molecule has 1 aliphatic heterocycles. The fourth-order valence-corrected chi connectivity index (χ4v) is 2.23. The minimum atomic E-state index is 0.194. The fraction of sp³-hybridized carbons (Fsp3) is 0.500. The van der Waals surface area contributed by atoms with E-state index in [1.54, 1.807) is 0 Å². The average molecular weight is 214 g/mol. The van der Waals surface area contributed by atoms with E-state index in [2.05, 4.69) is 42.2 Å². The molecule has 2 rings (SSSR count). The normalized spacial score (nSPS) is 20.8. The molecule has 0 spiro atoms. The molecule has 2 heteroatoms. The SMILES string of the molecule is CC(C#N)C1CN(C(C)c2ccccc2)C1. The predicted octanol–water partition coefficient (Wildman–Crippen LogP) is 2.84. The first-order valence-electron chi connectivity index (χ1n) is 5.91. The number of nitrogens with zero attached hydrogens (tertiary/aromatic N) is 2. The summed E-state index contributed by atoms with van der Waals surface area (Å²) in [5.74, 6) is 0.760. The van der Waals surface area contributed by atoms with E-state index in [-0.39, 0.29) is 5.92 Å². The van der Waals surface area contributed by atoms with E-state index in [1.165, 1.54) is 5.56 Å². The van der Waals surface area contributed by atoms with E-state index in [9.17, 15) is 0 Å². The maximum Gasteiger partial charge on any atom is 0.0656 e. The standard InChI is InChI=1S/C14H18N2/c1-11(8-15)14-9-16(10-14)12(2)13-6-4-3-5-7-13/h3-7,11-12,14H,9-10H2,1-2H3. The van der Waals surface area contributed by atoms with Gasteiger partial charge in [0.05, 0.1) is 6.07 Å². The summed E-state index contributed by atoms with van der Waals surface area (Å²) in [7, 11) is 0. The van der Waals surface area contributed by atoms with Gasteiger partial charge in [-0.25, -0.2) is 0 Å². The summed E-state index contributed by atoms with van der Waals surface area (Å²) < 4.78 is 0. The first kappa shape index (κ1) is 11.2. The topological polar surface area (TPSA) is 27.0 Å². The highest BCUT2D eigenvalue weighted by Crippen LogP contribution is 2.31. The second kappa shape index (κ2) is 4.67. The lowest BCUT2D eigenvalue weighted by Gasteiger charge is -2.44. The monoisotopic (exact) mass is 214 g/mol. The zero-order chi connectivity index (χ0) is 11.5. The molecule has 84 valence electrons. The van der Waals surface area contributed by atoms with Gasteiger partial charge in [0.2, 0.25) is 0 Å². The first-order valence-corrected chi connectivity index (χ1v) is 5.91. The third kappa shape index (κ3) is 2.10. The van der Waals surface area contributed by atoms with Gasteiger partial charge in [-0.05, 0) is 25.3 Å². The molecule has 2 nitrogen and oxygen atoms in total. The van der Waals surface area contributed by atoms with Crippen LogP contribution in [-0.2, 0) is 0 Å². The minimum absolute atomic E-state index is 0.194. The van der Waals surface area contributed by atoms with Gasteiger partial charge in [-0.2, -0.15) is 5.26 Å². The van der Waals surface area contributed by atoms with E-state index in [4.69, 9.17) is 5.26 Å². The fourth-order valence-electron chi connectivity index (χ4n) is 2.23. The van der Waals surface area contributed by atoms with Crippen LogP contribution in [0.3, 0.4) is 0 Å². The van der Waals surface area contributed by atoms with Crippen LogP contribution < -0.4 is 0 Å². The summed E-state index contributed by atoms with van der Waals surface area (Å²) in [4.78, 5) is 2.44. The van der Waals surface area contributed by atoms with Crippen molar-refractivity contribution in [3.8, 4) is 6.07 Å². The van der Waals surface area contributed by atoms with Gasteiger partial charge in [-0.1, -0.05) is 30.3 Å². The Balaban J connectivity index is 1.91. The lowest BCUT2D eigenvalue weighted by molar-refractivity contribution is 0.0418. The van der Waals surface area contributed by atoms with Crippen LogP contribution in [0.25, 0.3) is 0 Å². The van der Waals surface area contributed by atoms with Gasteiger partial charge < -0.3 is 0 Å². The third-order valence-corrected chi connectivity index (χ3v) is 3.68. The average Bonchev–Trinajstić information content (AvgIpc) is 2.27. The van der Waals surface area contributed by atoms with E-state index in [1.807, 2.05) is 13.0 Å². The van der Waals surface area contributed by atoms with Gasteiger partial charge in [0, 0.05) is 25.0 Å². The highest BCUT2D eigenvalue weighted by Gasteiger charge is 2.34. The van der Waals surface area contributed by atoms with Crippen molar-refractivity contribution in [3.63, 3.8) is 0 Å². The van der Waals surface area contributed by atoms with Crippen LogP contribution >= 0.6 is 0 Å². The molecule has 1 aromatic rings. The van der Waals surface area contributed by atoms with E-state index >= 15 is 0 Å². The number of rotatable bonds is 3. The van der Waals surface area contributed by atoms with Crippen LogP contribution in [-0.4, -0.2) is 18.0 Å². The van der Waals surface area contributed by atoms with E-state index in [0.29, 0.717) is 12.0 Å². The lowest BCUT2D eigenvalue weighted by atomic mass is 9.86. The molecule has 1 fully saturated rings. The molecular formula is C14H18N2. The Morgan fingerprint density at radius 3 is 2.44 bits per heavy atom. The van der Waals surface area contributed by atoms with Crippen molar-refractivity contribution >= 4 is 0 Å². The zero-order valence-corrected chi connectivity index (χ0v) is 9.93. The Kier molecular flexibility index (Phi) is 3.26. The van der Waals surface area contributed by atoms with Crippen LogP contribution in [0.4, 0.5) is 0 Å². The Morgan fingerprint density at radius 1 is 1.25 bits per heavy atom. The van der Waals surface area contributed by atoms with Crippen molar-refractivity contribution in [3.05, 3.63) is 35.9 Å². The van der Waals surface area contributed by atoms with Crippen LogP contribution in [0.5, 0.6) is 0 Å². The molecule has 0 amide bonds. The van der Waals surface area contributed by atoms with Gasteiger partial charge in [0.25, 0.3) is 0 Å². The van der Waals surface area contributed by atoms with Crippen molar-refractivity contribution in [1.82, 2.24) is 4.90 Å². The quantitative estimate of drug-likeness (QED) is 0.773. The Labute approximate surface area is 97.5 Å². The molecule has 1 heterocycles. The molecular weight excluding hydrogens is 196 g/mol. The molecule has 1 aliphatic rings. The van der Waals surface area contributed by atoms with E-state index < -0.39 is 0 Å². The summed E-state index contributed by atoms with van der Waals surface area (Å²) in [5.41, 5.74) is 1.37. The first-order chi connectivity index (χ1) is 7.72. The molecule has 2 atom stereocenters. The van der Waals surface area contributed by atoms with Crippen molar-refractivity contribution in [2.75, 3.05) is 13.1 Å². The van der Waals surface area contributed by atoms with Crippen molar-refractivity contribution in [2.24, 2.45) is 11.8 Å². The summed E-state index contributed by atoms with van der Waals surface area (Å²) in [6.07, 6.45) is 0. The highest BCUT2D eigenvalue weighted by molar-refractivity contribution is 5.19. The Hall–Kier alpha value is -1.33. The van der Waals surface area contributed by atoms with Crippen LogP contribution in [0.2, 0.25) is 0 Å². The summed E-state index contributed by atoms with van der Waals surface area (Å²) in [6.45, 7) is 6.38. The van der Waals surface area contributed by atoms with Gasteiger partial charge in [0.1, 0.15) is 0 Å². The molecule has 0 aromatic heterocycles. The molecule has 0 bridgehead atoms. The zero-order valence-electron chi connectivity index (χ0n) is 9.93. The predicted molar refractivity (Wildman–Crippen MR) is 64.7 cm³/mol. The van der Waals surface area contributed by atoms with Crippen molar-refractivity contribution in [2.45, 2.75) is 19.9 Å². The maximum atomic E-state index is 8.84. The van der Waals surface area contributed by atoms with Crippen LogP contribution in [0, 0.1) is 23.2 Å². The summed E-state index contributed by atoms with van der Waals surface area (Å²) in [5, 5.41) is 8.84. The third-order valence-electron chi connectivity index (χ3n) is 3.68. The lowest BCUT2D eigenvalue weighted by Crippen LogP contribution is -2.50. The molecule has 0 aliphatic carbocycles. The van der Waals surface area contributed by atoms with Crippen molar-refractivity contribution < 1.29 is 0 Å². The Bertz CT molecular complexity index is 373. The smallest absolute Gasteiger partial charge is 0.0656 e. The summed E-state index contributed by atoms with van der Waals surface area (Å²) in [6, 6.07) is 13.4. The number of benzene rings is 1. The van der Waals surface area contributed by atoms with Gasteiger partial charge in [-0.15, -0.1) is 0 Å². The molecule has 1 aromatic carbocycles. The Morgan fingerprint density at radius 2 is 1.88 bits per heavy atom. The maximum absolute atomic E-state index is 8.84. The second-order valence-electron chi connectivity index (χ2n) is 4.72. The highest BCUT2D eigenvalue weighted by atomic mass is 15.2. The molecule has 0 saturated carbocycles. The molecule has 2 unspecified atom stereocenters.